The van der Waals surface area contributed by atoms with Gasteiger partial charge in [0.2, 0.25) is 8.40 Å². The molecule has 0 heterocycles. The van der Waals surface area contributed by atoms with Crippen LogP contribution in [0.15, 0.2) is 30.3 Å². The lowest BCUT2D eigenvalue weighted by molar-refractivity contribution is 0.806. The Hall–Kier alpha value is -0.643. The van der Waals surface area contributed by atoms with Crippen LogP contribution in [-0.2, 0) is 0 Å². The van der Waals surface area contributed by atoms with Crippen molar-refractivity contribution in [3.63, 3.8) is 0 Å². The van der Waals surface area contributed by atoms with Gasteiger partial charge in [0.05, 0.1) is 0 Å². The minimum atomic E-state index is -1.75. The van der Waals surface area contributed by atoms with Gasteiger partial charge < -0.3 is 9.96 Å². The fourth-order valence-electron chi connectivity index (χ4n) is 2.27. The second-order valence-corrected chi connectivity index (χ2v) is 8.44. The van der Waals surface area contributed by atoms with Crippen molar-refractivity contribution in [2.24, 2.45) is 0 Å². The van der Waals surface area contributed by atoms with Crippen LogP contribution in [-0.4, -0.2) is 21.5 Å². The number of hydrogen-bond donors (Lipinski definition) is 2. The summed E-state index contributed by atoms with van der Waals surface area (Å²) in [6.45, 7) is 11.0. The van der Waals surface area contributed by atoms with E-state index >= 15 is 0 Å². The van der Waals surface area contributed by atoms with Crippen LogP contribution in [0.1, 0.15) is 27.7 Å². The Bertz CT molecular complexity index is 292. The molecular formula is C13H24N2Si. The van der Waals surface area contributed by atoms with Crippen LogP contribution in [0.2, 0.25) is 5.54 Å². The Labute approximate surface area is 101 Å². The predicted molar refractivity (Wildman–Crippen MR) is 74.3 cm³/mol. The van der Waals surface area contributed by atoms with Gasteiger partial charge in [-0.15, -0.1) is 0 Å². The van der Waals surface area contributed by atoms with E-state index in [4.69, 9.17) is 0 Å². The molecular weight excluding hydrogens is 212 g/mol. The number of rotatable bonds is 6. The van der Waals surface area contributed by atoms with Gasteiger partial charge >= 0.3 is 0 Å². The molecule has 0 saturated carbocycles. The molecule has 2 N–H and O–H groups in total. The third-order valence-corrected chi connectivity index (χ3v) is 7.80. The molecule has 3 heteroatoms. The average Bonchev–Trinajstić information content (AvgIpc) is 2.29. The summed E-state index contributed by atoms with van der Waals surface area (Å²) in [5.74, 6) is 0. The van der Waals surface area contributed by atoms with Gasteiger partial charge in [-0.05, 0) is 23.8 Å². The largest absolute Gasteiger partial charge is 0.322 e. The minimum Gasteiger partial charge on any atom is -0.322 e. The summed E-state index contributed by atoms with van der Waals surface area (Å²) in [5, 5.41) is 1.45. The number of hydrogen-bond acceptors (Lipinski definition) is 2. The molecule has 0 aliphatic heterocycles. The third-order valence-electron chi connectivity index (χ3n) is 3.01. The maximum absolute atomic E-state index is 3.74. The topological polar surface area (TPSA) is 24.1 Å². The molecule has 0 spiro atoms. The van der Waals surface area contributed by atoms with E-state index < -0.39 is 8.40 Å². The van der Waals surface area contributed by atoms with Gasteiger partial charge in [-0.3, -0.25) is 0 Å². The van der Waals surface area contributed by atoms with Gasteiger partial charge in [0, 0.05) is 0 Å². The average molecular weight is 236 g/mol. The molecule has 0 aliphatic rings. The maximum Gasteiger partial charge on any atom is 0.236 e. The van der Waals surface area contributed by atoms with E-state index in [2.05, 4.69) is 68.0 Å². The first-order valence-corrected chi connectivity index (χ1v) is 8.30. The zero-order valence-corrected chi connectivity index (χ0v) is 11.9. The molecule has 0 bridgehead atoms. The number of benzene rings is 1. The third kappa shape index (κ3) is 2.73. The zero-order chi connectivity index (χ0) is 12.0. The zero-order valence-electron chi connectivity index (χ0n) is 10.9. The Morgan fingerprint density at radius 2 is 1.50 bits per heavy atom. The first kappa shape index (κ1) is 13.4. The molecule has 0 atom stereocenters. The highest BCUT2D eigenvalue weighted by molar-refractivity contribution is 6.88. The Balaban J connectivity index is 3.10. The van der Waals surface area contributed by atoms with Crippen LogP contribution in [0.25, 0.3) is 0 Å². The highest BCUT2D eigenvalue weighted by Crippen LogP contribution is 2.15. The van der Waals surface area contributed by atoms with E-state index in [1.54, 1.807) is 0 Å². The second kappa shape index (κ2) is 6.18. The van der Waals surface area contributed by atoms with Gasteiger partial charge in [0.15, 0.2) is 0 Å². The molecule has 16 heavy (non-hydrogen) atoms. The molecule has 0 aliphatic carbocycles. The van der Waals surface area contributed by atoms with Crippen molar-refractivity contribution in [1.29, 1.82) is 0 Å². The first-order valence-electron chi connectivity index (χ1n) is 6.23. The van der Waals surface area contributed by atoms with Crippen LogP contribution in [0, 0.1) is 0 Å². The predicted octanol–water partition coefficient (Wildman–Crippen LogP) is 1.96. The second-order valence-electron chi connectivity index (χ2n) is 4.39. The SMILES string of the molecule is CCN[Si](NCC)(c1ccccc1)C(C)C. The molecule has 0 unspecified atom stereocenters. The van der Waals surface area contributed by atoms with Crippen LogP contribution in [0.4, 0.5) is 0 Å². The normalized spacial score (nSPS) is 12.1. The molecule has 90 valence electrons. The van der Waals surface area contributed by atoms with Crippen LogP contribution in [0.5, 0.6) is 0 Å². The maximum atomic E-state index is 3.74. The Morgan fingerprint density at radius 3 is 1.88 bits per heavy atom. The van der Waals surface area contributed by atoms with E-state index in [0.717, 1.165) is 13.1 Å². The number of nitrogens with one attached hydrogen (secondary N) is 2. The summed E-state index contributed by atoms with van der Waals surface area (Å²) >= 11 is 0. The monoisotopic (exact) mass is 236 g/mol. The molecule has 0 saturated heterocycles. The van der Waals surface area contributed by atoms with Gasteiger partial charge in [-0.1, -0.05) is 58.0 Å². The molecule has 0 radical (unpaired) electrons. The highest BCUT2D eigenvalue weighted by Gasteiger charge is 2.37. The molecule has 0 aromatic heterocycles. The van der Waals surface area contributed by atoms with E-state index in [9.17, 15) is 0 Å². The smallest absolute Gasteiger partial charge is 0.236 e. The Morgan fingerprint density at radius 1 is 1.00 bits per heavy atom. The Kier molecular flexibility index (Phi) is 5.18. The van der Waals surface area contributed by atoms with Crippen LogP contribution < -0.4 is 15.2 Å². The molecule has 0 amide bonds. The van der Waals surface area contributed by atoms with Crippen LogP contribution in [0.3, 0.4) is 0 Å². The summed E-state index contributed by atoms with van der Waals surface area (Å²) in [5.41, 5.74) is 0.634. The van der Waals surface area contributed by atoms with E-state index in [1.807, 2.05) is 0 Å². The standard InChI is InChI=1S/C13H24N2Si/c1-5-14-16(12(3)4,15-6-2)13-10-8-7-9-11-13/h7-12,14-15H,5-6H2,1-4H3. The van der Waals surface area contributed by atoms with Crippen molar-refractivity contribution in [1.82, 2.24) is 9.96 Å². The fraction of sp³-hybridized carbons (Fsp3) is 0.538. The summed E-state index contributed by atoms with van der Waals surface area (Å²) in [6, 6.07) is 10.8. The van der Waals surface area contributed by atoms with Gasteiger partial charge in [0.25, 0.3) is 0 Å². The first-order chi connectivity index (χ1) is 7.67. The van der Waals surface area contributed by atoms with Crippen molar-refractivity contribution >= 4 is 13.6 Å². The minimum absolute atomic E-state index is 0.634. The van der Waals surface area contributed by atoms with Crippen molar-refractivity contribution in [3.05, 3.63) is 30.3 Å². The molecule has 1 aromatic rings. The fourth-order valence-corrected chi connectivity index (χ4v) is 6.12. The van der Waals surface area contributed by atoms with Gasteiger partial charge in [0.1, 0.15) is 0 Å². The molecule has 1 aromatic carbocycles. The van der Waals surface area contributed by atoms with Crippen molar-refractivity contribution in [2.75, 3.05) is 13.1 Å². The molecule has 0 fully saturated rings. The van der Waals surface area contributed by atoms with E-state index in [0.29, 0.717) is 5.54 Å². The molecule has 1 rings (SSSR count). The quantitative estimate of drug-likeness (QED) is 0.738. The van der Waals surface area contributed by atoms with Gasteiger partial charge in [-0.2, -0.15) is 0 Å². The lowest BCUT2D eigenvalue weighted by atomic mass is 10.4. The summed E-state index contributed by atoms with van der Waals surface area (Å²) < 4.78 is 0. The van der Waals surface area contributed by atoms with E-state index in [1.165, 1.54) is 5.19 Å². The summed E-state index contributed by atoms with van der Waals surface area (Å²) in [6.07, 6.45) is 0. The van der Waals surface area contributed by atoms with Crippen molar-refractivity contribution in [2.45, 2.75) is 33.2 Å². The lowest BCUT2D eigenvalue weighted by Crippen LogP contribution is -2.72. The van der Waals surface area contributed by atoms with E-state index in [-0.39, 0.29) is 0 Å². The molecule has 2 nitrogen and oxygen atoms in total. The van der Waals surface area contributed by atoms with Crippen molar-refractivity contribution < 1.29 is 0 Å². The summed E-state index contributed by atoms with van der Waals surface area (Å²) in [7, 11) is -1.75. The van der Waals surface area contributed by atoms with Gasteiger partial charge in [-0.25, -0.2) is 0 Å². The lowest BCUT2D eigenvalue weighted by Gasteiger charge is -2.36. The van der Waals surface area contributed by atoms with Crippen LogP contribution >= 0.6 is 0 Å². The highest BCUT2D eigenvalue weighted by atomic mass is 28.3. The van der Waals surface area contributed by atoms with Crippen molar-refractivity contribution in [3.8, 4) is 0 Å². The summed E-state index contributed by atoms with van der Waals surface area (Å²) in [4.78, 5) is 7.48.